The van der Waals surface area contributed by atoms with Gasteiger partial charge in [0.2, 0.25) is 0 Å². The zero-order chi connectivity index (χ0) is 31.6. The number of fused-ring (bicyclic) bond motifs is 3. The number of hydrogen-bond donors (Lipinski definition) is 0. The summed E-state index contributed by atoms with van der Waals surface area (Å²) in [6, 6.07) is 25.8. The molecule has 0 aromatic heterocycles. The Morgan fingerprint density at radius 2 is 1.14 bits per heavy atom. The van der Waals surface area contributed by atoms with Crippen molar-refractivity contribution in [1.82, 2.24) is 0 Å². The van der Waals surface area contributed by atoms with Gasteiger partial charge in [-0.05, 0) is 35.8 Å². The van der Waals surface area contributed by atoms with Crippen molar-refractivity contribution in [2.45, 2.75) is 26.7 Å². The predicted octanol–water partition coefficient (Wildman–Crippen LogP) is 6.11. The summed E-state index contributed by atoms with van der Waals surface area (Å²) in [6.07, 6.45) is 9.26. The molecule has 7 heteroatoms. The summed E-state index contributed by atoms with van der Waals surface area (Å²) in [7, 11) is 5.82. The zero-order valence-electron chi connectivity index (χ0n) is 26.1. The van der Waals surface area contributed by atoms with Crippen molar-refractivity contribution in [3.05, 3.63) is 111 Å². The number of allylic oxidation sites excluding steroid dienone is 4. The van der Waals surface area contributed by atoms with E-state index in [1.165, 1.54) is 51.6 Å². The quantitative estimate of drug-likeness (QED) is 0.217. The molecule has 0 atom stereocenters. The normalized spacial score (nSPS) is 11.7. The number of rotatable bonds is 6. The number of ether oxygens (including phenoxy) is 4. The Labute approximate surface area is 268 Å². The summed E-state index contributed by atoms with van der Waals surface area (Å²) in [5.41, 5.74) is 6.06. The minimum absolute atomic E-state index is 0.211. The third kappa shape index (κ3) is 7.34. The third-order valence-electron chi connectivity index (χ3n) is 7.48. The molecule has 0 aliphatic heterocycles. The van der Waals surface area contributed by atoms with Gasteiger partial charge in [-0.25, -0.2) is 0 Å². The molecule has 0 unspecified atom stereocenters. The molecule has 0 bridgehead atoms. The topological polar surface area (TPSA) is 83.0 Å². The molecular weight excluding hydrogens is 632 g/mol. The van der Waals surface area contributed by atoms with E-state index in [4.69, 9.17) is 18.9 Å². The fourth-order valence-electron chi connectivity index (χ4n) is 5.42. The summed E-state index contributed by atoms with van der Waals surface area (Å²) < 4.78 is 24.3. The fraction of sp³-hybridized carbons (Fsp3) is 0.216. The predicted molar refractivity (Wildman–Crippen MR) is 170 cm³/mol. The van der Waals surface area contributed by atoms with E-state index < -0.39 is 21.3 Å². The van der Waals surface area contributed by atoms with Crippen LogP contribution in [0, 0.1) is 0 Å². The molecule has 6 nitrogen and oxygen atoms in total. The van der Waals surface area contributed by atoms with Crippen molar-refractivity contribution in [2.75, 3.05) is 28.4 Å². The Hall–Kier alpha value is -4.09. The van der Waals surface area contributed by atoms with Crippen LogP contribution in [0.15, 0.2) is 100 Å². The Morgan fingerprint density at radius 3 is 1.61 bits per heavy atom. The first-order valence-corrected chi connectivity index (χ1v) is 18.0. The van der Waals surface area contributed by atoms with Gasteiger partial charge in [-0.2, -0.15) is 0 Å². The third-order valence-corrected chi connectivity index (χ3v) is 14.9. The average Bonchev–Trinajstić information content (AvgIpc) is 3.71. The van der Waals surface area contributed by atoms with Crippen molar-refractivity contribution in [2.24, 2.45) is 0 Å². The first kappa shape index (κ1) is 32.8. The fourth-order valence-corrected chi connectivity index (χ4v) is 12.5. The van der Waals surface area contributed by atoms with E-state index in [9.17, 15) is 10.2 Å². The Morgan fingerprint density at radius 1 is 0.636 bits per heavy atom. The second-order valence-electron chi connectivity index (χ2n) is 10.3. The molecule has 226 valence electrons. The van der Waals surface area contributed by atoms with Gasteiger partial charge in [0.15, 0.2) is 0 Å². The molecule has 0 amide bonds. The standard InChI is InChI=1S/C13H9.2C8H10O3.C5H5.C3H6.Zr/c1-3-7-12-10(5-1)9-11-6-2-4-8-13(11)12;2*1-10-6-4-3-5-7(11-2)8(6)9;1-2-4-5-3-1;1-3-2;/h1-5,7-8H,9H2;2*3-5,9H,1-2H3;1-3H,4H2;1-2H3;/q;;;;;+2/p-2. The van der Waals surface area contributed by atoms with Crippen molar-refractivity contribution in [3.8, 4) is 45.6 Å². The number of methoxy groups -OCH3 is 4. The van der Waals surface area contributed by atoms with Gasteiger partial charge in [0.1, 0.15) is 23.0 Å². The van der Waals surface area contributed by atoms with Crippen LogP contribution in [-0.2, 0) is 27.7 Å². The Balaban J connectivity index is 0.000000169. The van der Waals surface area contributed by atoms with Crippen LogP contribution >= 0.6 is 0 Å². The molecule has 0 saturated carbocycles. The van der Waals surface area contributed by atoms with E-state index in [0.29, 0.717) is 23.0 Å². The van der Waals surface area contributed by atoms with Gasteiger partial charge in [0.05, 0.1) is 28.4 Å². The van der Waals surface area contributed by atoms with Crippen LogP contribution in [0.1, 0.15) is 31.4 Å². The number of benzene rings is 4. The van der Waals surface area contributed by atoms with Crippen LogP contribution in [0.25, 0.3) is 11.1 Å². The monoisotopic (exact) mass is 668 g/mol. The molecule has 4 aromatic carbocycles. The van der Waals surface area contributed by atoms with Crippen LogP contribution in [0.4, 0.5) is 0 Å². The summed E-state index contributed by atoms with van der Waals surface area (Å²) in [5, 5.41) is 22.4. The molecule has 0 spiro atoms. The van der Waals surface area contributed by atoms with Gasteiger partial charge in [-0.1, -0.05) is 12.1 Å². The molecule has 2 aliphatic rings. The van der Waals surface area contributed by atoms with Crippen LogP contribution in [0.2, 0.25) is 0 Å². The summed E-state index contributed by atoms with van der Waals surface area (Å²) in [5.74, 6) is 0.817. The molecule has 0 radical (unpaired) electrons. The van der Waals surface area contributed by atoms with Crippen molar-refractivity contribution in [3.63, 3.8) is 0 Å². The van der Waals surface area contributed by atoms with E-state index in [0.717, 1.165) is 6.42 Å². The molecule has 0 fully saturated rings. The van der Waals surface area contributed by atoms with E-state index in [1.807, 2.05) is 0 Å². The van der Waals surface area contributed by atoms with Crippen LogP contribution in [0.5, 0.6) is 34.5 Å². The second kappa shape index (κ2) is 15.6. The van der Waals surface area contributed by atoms with E-state index in [1.54, 1.807) is 51.7 Å². The first-order valence-electron chi connectivity index (χ1n) is 14.3. The van der Waals surface area contributed by atoms with E-state index in [2.05, 4.69) is 74.5 Å². The van der Waals surface area contributed by atoms with Gasteiger partial charge in [-0.3, -0.25) is 0 Å². The van der Waals surface area contributed by atoms with Crippen molar-refractivity contribution in [1.29, 1.82) is 0 Å². The van der Waals surface area contributed by atoms with Crippen LogP contribution in [0.3, 0.4) is 0 Å². The summed E-state index contributed by atoms with van der Waals surface area (Å²) in [6.45, 7) is 4.71. The number of hydrogen-bond acceptors (Lipinski definition) is 6. The van der Waals surface area contributed by atoms with Gasteiger partial charge >= 0.3 is 141 Å². The van der Waals surface area contributed by atoms with Crippen LogP contribution < -0.4 is 32.4 Å². The SMILES string of the molecule is COc1cccc(OC)c1[O-].COc1cccc(OC)c1[O-].C[C](C)=[Zr+2]([C]1=CC=CC1)[c]1cccc2c1Cc1ccccc1-2. The average molecular weight is 670 g/mol. The molecule has 0 saturated heterocycles. The summed E-state index contributed by atoms with van der Waals surface area (Å²) >= 11 is -1.86. The van der Waals surface area contributed by atoms with Gasteiger partial charge in [0.25, 0.3) is 0 Å². The molecule has 0 N–H and O–H groups in total. The van der Waals surface area contributed by atoms with Gasteiger partial charge in [0, 0.05) is 0 Å². The first-order chi connectivity index (χ1) is 21.3. The van der Waals surface area contributed by atoms with Gasteiger partial charge < -0.3 is 29.2 Å². The summed E-state index contributed by atoms with van der Waals surface area (Å²) in [4.78, 5) is 0. The van der Waals surface area contributed by atoms with Crippen molar-refractivity contribution < 1.29 is 50.4 Å². The molecule has 6 rings (SSSR count). The minimum atomic E-state index is -1.86. The maximum absolute atomic E-state index is 11.2. The van der Waals surface area contributed by atoms with Gasteiger partial charge in [-0.15, -0.1) is 0 Å². The molecule has 2 aliphatic carbocycles. The van der Waals surface area contributed by atoms with Crippen LogP contribution in [-0.4, -0.2) is 31.6 Å². The second-order valence-corrected chi connectivity index (χ2v) is 17.6. The van der Waals surface area contributed by atoms with E-state index >= 15 is 0 Å². The van der Waals surface area contributed by atoms with Crippen molar-refractivity contribution >= 4 is 6.48 Å². The molecule has 0 heterocycles. The van der Waals surface area contributed by atoms with E-state index in [-0.39, 0.29) is 11.5 Å². The maximum atomic E-state index is 11.2. The Bertz CT molecular complexity index is 1600. The zero-order valence-corrected chi connectivity index (χ0v) is 28.6. The Kier molecular flexibility index (Phi) is 11.6. The molecular formula is C37H38O6Zr. The molecule has 4 aromatic rings. The number of para-hydroxylation sites is 2. The molecule has 44 heavy (non-hydrogen) atoms.